The van der Waals surface area contributed by atoms with Crippen LogP contribution in [0.25, 0.3) is 0 Å². The Balaban J connectivity index is 2.52. The zero-order chi connectivity index (χ0) is 14.8. The molecule has 1 saturated heterocycles. The van der Waals surface area contributed by atoms with Gasteiger partial charge in [0.15, 0.2) is 0 Å². The van der Waals surface area contributed by atoms with Crippen molar-refractivity contribution in [2.75, 3.05) is 18.8 Å². The smallest absolute Gasteiger partial charge is 0.205 e. The average Bonchev–Trinajstić information content (AvgIpc) is 2.53. The molecule has 0 amide bonds. The fourth-order valence-electron chi connectivity index (χ4n) is 2.64. The Hall–Kier alpha value is -1.94. The number of anilines is 1. The third kappa shape index (κ3) is 2.65. The number of nitrogens with two attached hydrogens (primary N) is 1. The summed E-state index contributed by atoms with van der Waals surface area (Å²) in [5, 5.41) is 30.6. The largest absolute Gasteiger partial charge is 0.399 e. The highest BCUT2D eigenvalue weighted by Crippen LogP contribution is 2.33. The minimum absolute atomic E-state index is 0.273. The van der Waals surface area contributed by atoms with Gasteiger partial charge in [0.1, 0.15) is 5.60 Å². The molecule has 1 heterocycles. The van der Waals surface area contributed by atoms with E-state index in [4.69, 9.17) is 11.0 Å². The molecule has 2 rings (SSSR count). The van der Waals surface area contributed by atoms with Crippen LogP contribution in [-0.2, 0) is 5.60 Å². The second-order valence-corrected chi connectivity index (χ2v) is 5.05. The molecular formula is C14H18N4O2. The molecule has 4 N–H and O–H groups in total. The molecule has 1 fully saturated rings. The molecule has 0 aliphatic carbocycles. The molecule has 20 heavy (non-hydrogen) atoms. The van der Waals surface area contributed by atoms with E-state index >= 15 is 0 Å². The van der Waals surface area contributed by atoms with Gasteiger partial charge in [-0.05, 0) is 30.2 Å². The summed E-state index contributed by atoms with van der Waals surface area (Å²) in [6, 6.07) is 5.25. The molecule has 6 nitrogen and oxygen atoms in total. The summed E-state index contributed by atoms with van der Waals surface area (Å²) in [4.78, 5) is 3.77. The number of hydroxylamine groups is 2. The Kier molecular flexibility index (Phi) is 4.04. The van der Waals surface area contributed by atoms with E-state index in [1.54, 1.807) is 24.4 Å². The van der Waals surface area contributed by atoms with Crippen molar-refractivity contribution in [3.05, 3.63) is 29.3 Å². The number of nitrogens with zero attached hydrogens (tertiary/aromatic N) is 3. The summed E-state index contributed by atoms with van der Waals surface area (Å²) in [6.45, 7) is 2.51. The standard InChI is InChI=1S/C14H18N4O2/c1-10-8-11(16)2-3-12(10)14(19)5-7-18(20)6-4-13(14)17-9-15/h2-3,8,19-20H,4-7,16H2,1H3. The van der Waals surface area contributed by atoms with Crippen LogP contribution in [0.5, 0.6) is 0 Å². The molecule has 1 aromatic carbocycles. The van der Waals surface area contributed by atoms with Gasteiger partial charge in [-0.25, -0.2) is 0 Å². The number of aliphatic hydroxyl groups is 1. The van der Waals surface area contributed by atoms with Crippen LogP contribution in [0, 0.1) is 18.4 Å². The first-order valence-electron chi connectivity index (χ1n) is 6.46. The SMILES string of the molecule is Cc1cc(N)ccc1C1(O)CCN(O)CCC1=NC#N. The first-order valence-corrected chi connectivity index (χ1v) is 6.46. The second-order valence-electron chi connectivity index (χ2n) is 5.05. The number of hydrogen-bond donors (Lipinski definition) is 3. The Morgan fingerprint density at radius 2 is 2.20 bits per heavy atom. The lowest BCUT2D eigenvalue weighted by atomic mass is 9.82. The van der Waals surface area contributed by atoms with Crippen molar-refractivity contribution in [3.63, 3.8) is 0 Å². The van der Waals surface area contributed by atoms with E-state index in [0.29, 0.717) is 36.5 Å². The molecule has 1 aliphatic heterocycles. The lowest BCUT2D eigenvalue weighted by Crippen LogP contribution is -2.36. The summed E-state index contributed by atoms with van der Waals surface area (Å²) in [7, 11) is 0. The summed E-state index contributed by atoms with van der Waals surface area (Å²) in [6.07, 6.45) is 2.35. The molecule has 1 unspecified atom stereocenters. The third-order valence-electron chi connectivity index (χ3n) is 3.70. The number of nitriles is 1. The van der Waals surface area contributed by atoms with Gasteiger partial charge in [-0.3, -0.25) is 0 Å². The molecule has 1 aliphatic rings. The van der Waals surface area contributed by atoms with Crippen molar-refractivity contribution in [1.82, 2.24) is 5.06 Å². The highest BCUT2D eigenvalue weighted by molar-refractivity contribution is 5.94. The number of hydrogen-bond acceptors (Lipinski definition) is 6. The number of benzene rings is 1. The van der Waals surface area contributed by atoms with Crippen molar-refractivity contribution in [2.45, 2.75) is 25.4 Å². The topological polar surface area (TPSA) is 106 Å². The Bertz CT molecular complexity index is 579. The second kappa shape index (κ2) is 5.59. The number of nitrogen functional groups attached to an aromatic ring is 1. The minimum Gasteiger partial charge on any atom is -0.399 e. The van der Waals surface area contributed by atoms with Gasteiger partial charge in [0.25, 0.3) is 0 Å². The number of rotatable bonds is 1. The lowest BCUT2D eigenvalue weighted by Gasteiger charge is -2.29. The zero-order valence-electron chi connectivity index (χ0n) is 11.4. The van der Waals surface area contributed by atoms with E-state index in [1.807, 2.05) is 6.92 Å². The van der Waals surface area contributed by atoms with Crippen molar-refractivity contribution in [2.24, 2.45) is 4.99 Å². The molecule has 0 aromatic heterocycles. The fourth-order valence-corrected chi connectivity index (χ4v) is 2.64. The summed E-state index contributed by atoms with van der Waals surface area (Å²) < 4.78 is 0. The van der Waals surface area contributed by atoms with E-state index in [-0.39, 0.29) is 6.42 Å². The number of aryl methyl sites for hydroxylation is 1. The van der Waals surface area contributed by atoms with Gasteiger partial charge in [0.05, 0.1) is 5.71 Å². The van der Waals surface area contributed by atoms with Gasteiger partial charge in [-0.15, -0.1) is 0 Å². The number of aliphatic imine (C=N–C) groups is 1. The molecule has 1 aromatic rings. The van der Waals surface area contributed by atoms with E-state index in [2.05, 4.69) is 4.99 Å². The fraction of sp³-hybridized carbons (Fsp3) is 0.429. The van der Waals surface area contributed by atoms with Gasteiger partial charge in [0.2, 0.25) is 6.19 Å². The molecule has 106 valence electrons. The summed E-state index contributed by atoms with van der Waals surface area (Å²) in [5.74, 6) is 0. The van der Waals surface area contributed by atoms with Crippen molar-refractivity contribution >= 4 is 11.4 Å². The molecule has 0 spiro atoms. The Morgan fingerprint density at radius 3 is 2.85 bits per heavy atom. The van der Waals surface area contributed by atoms with Crippen molar-refractivity contribution in [3.8, 4) is 6.19 Å². The van der Waals surface area contributed by atoms with Crippen LogP contribution in [-0.4, -0.2) is 34.2 Å². The quantitative estimate of drug-likeness (QED) is 0.526. The highest BCUT2D eigenvalue weighted by Gasteiger charge is 2.38. The van der Waals surface area contributed by atoms with E-state index in [1.165, 1.54) is 0 Å². The maximum Gasteiger partial charge on any atom is 0.205 e. The van der Waals surface area contributed by atoms with Gasteiger partial charge < -0.3 is 16.0 Å². The Morgan fingerprint density at radius 1 is 1.45 bits per heavy atom. The average molecular weight is 274 g/mol. The normalized spacial score (nSPS) is 26.2. The van der Waals surface area contributed by atoms with Crippen molar-refractivity contribution in [1.29, 1.82) is 5.26 Å². The summed E-state index contributed by atoms with van der Waals surface area (Å²) in [5.41, 5.74) is 6.90. The predicted molar refractivity (Wildman–Crippen MR) is 75.1 cm³/mol. The Labute approximate surface area is 117 Å². The van der Waals surface area contributed by atoms with Crippen LogP contribution < -0.4 is 5.73 Å². The van der Waals surface area contributed by atoms with Gasteiger partial charge in [-0.1, -0.05) is 6.07 Å². The van der Waals surface area contributed by atoms with Crippen LogP contribution in [0.2, 0.25) is 0 Å². The van der Waals surface area contributed by atoms with Crippen LogP contribution in [0.15, 0.2) is 23.2 Å². The molecule has 0 saturated carbocycles. The molecule has 0 bridgehead atoms. The minimum atomic E-state index is -1.34. The van der Waals surface area contributed by atoms with Crippen molar-refractivity contribution < 1.29 is 10.3 Å². The lowest BCUT2D eigenvalue weighted by molar-refractivity contribution is -0.0930. The van der Waals surface area contributed by atoms with Crippen LogP contribution in [0.4, 0.5) is 5.69 Å². The molecule has 0 radical (unpaired) electrons. The van der Waals surface area contributed by atoms with Crippen LogP contribution in [0.3, 0.4) is 0 Å². The van der Waals surface area contributed by atoms with E-state index < -0.39 is 5.60 Å². The van der Waals surface area contributed by atoms with Crippen LogP contribution >= 0.6 is 0 Å². The van der Waals surface area contributed by atoms with E-state index in [9.17, 15) is 10.3 Å². The van der Waals surface area contributed by atoms with Gasteiger partial charge in [-0.2, -0.15) is 15.3 Å². The molecule has 1 atom stereocenters. The van der Waals surface area contributed by atoms with Crippen LogP contribution in [0.1, 0.15) is 24.0 Å². The zero-order valence-corrected chi connectivity index (χ0v) is 11.4. The molecule has 6 heteroatoms. The van der Waals surface area contributed by atoms with E-state index in [0.717, 1.165) is 10.6 Å². The summed E-state index contributed by atoms with van der Waals surface area (Å²) >= 11 is 0. The monoisotopic (exact) mass is 274 g/mol. The highest BCUT2D eigenvalue weighted by atomic mass is 16.5. The third-order valence-corrected chi connectivity index (χ3v) is 3.70. The van der Waals surface area contributed by atoms with Gasteiger partial charge >= 0.3 is 0 Å². The molecular weight excluding hydrogens is 256 g/mol. The maximum atomic E-state index is 11.0. The van der Waals surface area contributed by atoms with Gasteiger partial charge in [0, 0.05) is 31.6 Å². The first-order chi connectivity index (χ1) is 9.47. The predicted octanol–water partition coefficient (Wildman–Crippen LogP) is 1.17. The maximum absolute atomic E-state index is 11.0. The first kappa shape index (κ1) is 14.5.